The van der Waals surface area contributed by atoms with Gasteiger partial charge in [0.05, 0.1) is 30.1 Å². The van der Waals surface area contributed by atoms with Crippen molar-refractivity contribution in [1.29, 1.82) is 0 Å². The van der Waals surface area contributed by atoms with Gasteiger partial charge in [0.15, 0.2) is 0 Å². The summed E-state index contributed by atoms with van der Waals surface area (Å²) in [4.78, 5) is 4.67. The standard InChI is InChI=1S/C16H21ClN2O2/c1-16(2)13(8-14(16)21-4)19-12-6-5-10(20-3)7-11(12)18-15(19)9-17/h5-7,13-14H,8-9H2,1-4H3. The molecule has 0 aliphatic heterocycles. The first-order valence-corrected chi connectivity index (χ1v) is 7.70. The zero-order chi connectivity index (χ0) is 15.2. The third-order valence-electron chi connectivity index (χ3n) is 4.81. The summed E-state index contributed by atoms with van der Waals surface area (Å²) in [5, 5.41) is 0. The molecule has 21 heavy (non-hydrogen) atoms. The molecule has 1 aliphatic carbocycles. The Hall–Kier alpha value is -1.26. The number of imidazole rings is 1. The van der Waals surface area contributed by atoms with Crippen LogP contribution in [-0.2, 0) is 10.6 Å². The van der Waals surface area contributed by atoms with E-state index in [-0.39, 0.29) is 11.5 Å². The first kappa shape index (κ1) is 14.7. The summed E-state index contributed by atoms with van der Waals surface area (Å²) >= 11 is 6.12. The van der Waals surface area contributed by atoms with Crippen LogP contribution in [0.4, 0.5) is 0 Å². The number of rotatable bonds is 4. The highest BCUT2D eigenvalue weighted by Gasteiger charge is 2.50. The molecule has 1 aromatic heterocycles. The molecule has 1 aliphatic rings. The van der Waals surface area contributed by atoms with E-state index >= 15 is 0 Å². The molecule has 1 aromatic carbocycles. The quantitative estimate of drug-likeness (QED) is 0.807. The lowest BCUT2D eigenvalue weighted by atomic mass is 9.64. The van der Waals surface area contributed by atoms with Crippen molar-refractivity contribution in [3.05, 3.63) is 24.0 Å². The van der Waals surface area contributed by atoms with Gasteiger partial charge in [-0.3, -0.25) is 0 Å². The zero-order valence-electron chi connectivity index (χ0n) is 12.9. The van der Waals surface area contributed by atoms with Crippen LogP contribution in [0.5, 0.6) is 5.75 Å². The van der Waals surface area contributed by atoms with Crippen LogP contribution in [0.2, 0.25) is 0 Å². The lowest BCUT2D eigenvalue weighted by molar-refractivity contribution is -0.112. The number of hydrogen-bond donors (Lipinski definition) is 0. The Kier molecular flexibility index (Phi) is 3.62. The minimum atomic E-state index is 0.0725. The molecule has 5 heteroatoms. The summed E-state index contributed by atoms with van der Waals surface area (Å²) < 4.78 is 13.1. The number of benzene rings is 1. The molecule has 2 aromatic rings. The van der Waals surface area contributed by atoms with E-state index in [1.807, 2.05) is 12.1 Å². The SMILES string of the molecule is COc1ccc2c(c1)nc(CCl)n2C1CC(OC)C1(C)C. The number of alkyl halides is 1. The van der Waals surface area contributed by atoms with Crippen LogP contribution in [0.15, 0.2) is 18.2 Å². The second-order valence-corrected chi connectivity index (χ2v) is 6.45. The fourth-order valence-electron chi connectivity index (χ4n) is 3.40. The van der Waals surface area contributed by atoms with E-state index in [4.69, 9.17) is 21.1 Å². The van der Waals surface area contributed by atoms with Crippen molar-refractivity contribution in [3.63, 3.8) is 0 Å². The van der Waals surface area contributed by atoms with Crippen molar-refractivity contribution in [2.75, 3.05) is 14.2 Å². The third kappa shape index (κ3) is 2.12. The Bertz CT molecular complexity index is 666. The van der Waals surface area contributed by atoms with Crippen molar-refractivity contribution in [2.45, 2.75) is 38.3 Å². The predicted octanol–water partition coefficient (Wildman–Crippen LogP) is 3.77. The normalized spacial score (nSPS) is 24.0. The molecular weight excluding hydrogens is 288 g/mol. The van der Waals surface area contributed by atoms with E-state index in [1.165, 1.54) is 0 Å². The number of fused-ring (bicyclic) bond motifs is 1. The van der Waals surface area contributed by atoms with Crippen LogP contribution in [0.25, 0.3) is 11.0 Å². The van der Waals surface area contributed by atoms with Gasteiger partial charge in [-0.2, -0.15) is 0 Å². The molecule has 114 valence electrons. The van der Waals surface area contributed by atoms with Gasteiger partial charge >= 0.3 is 0 Å². The summed E-state index contributed by atoms with van der Waals surface area (Å²) in [6.45, 7) is 4.48. The van der Waals surface area contributed by atoms with Crippen LogP contribution < -0.4 is 4.74 Å². The lowest BCUT2D eigenvalue weighted by Crippen LogP contribution is -2.51. The van der Waals surface area contributed by atoms with Crippen molar-refractivity contribution in [3.8, 4) is 5.75 Å². The average Bonchev–Trinajstić information content (AvgIpc) is 2.84. The van der Waals surface area contributed by atoms with Crippen molar-refractivity contribution < 1.29 is 9.47 Å². The maximum absolute atomic E-state index is 6.12. The Morgan fingerprint density at radius 2 is 2.14 bits per heavy atom. The molecule has 1 heterocycles. The Labute approximate surface area is 130 Å². The Morgan fingerprint density at radius 1 is 1.38 bits per heavy atom. The van der Waals surface area contributed by atoms with E-state index in [0.717, 1.165) is 29.0 Å². The second-order valence-electron chi connectivity index (χ2n) is 6.18. The van der Waals surface area contributed by atoms with Gasteiger partial charge < -0.3 is 14.0 Å². The summed E-state index contributed by atoms with van der Waals surface area (Å²) in [6, 6.07) is 6.35. The highest BCUT2D eigenvalue weighted by molar-refractivity contribution is 6.16. The fourth-order valence-corrected chi connectivity index (χ4v) is 3.59. The van der Waals surface area contributed by atoms with Gasteiger partial charge in [0, 0.05) is 24.6 Å². The number of nitrogens with zero attached hydrogens (tertiary/aromatic N) is 2. The topological polar surface area (TPSA) is 36.3 Å². The van der Waals surface area contributed by atoms with Gasteiger partial charge in [0.1, 0.15) is 11.6 Å². The third-order valence-corrected chi connectivity index (χ3v) is 5.05. The first-order valence-electron chi connectivity index (χ1n) is 7.16. The second kappa shape index (κ2) is 5.18. The van der Waals surface area contributed by atoms with E-state index in [9.17, 15) is 0 Å². The van der Waals surface area contributed by atoms with E-state index in [1.54, 1.807) is 14.2 Å². The Balaban J connectivity index is 2.10. The van der Waals surface area contributed by atoms with Gasteiger partial charge in [0.2, 0.25) is 0 Å². The van der Waals surface area contributed by atoms with Gasteiger partial charge in [-0.15, -0.1) is 11.6 Å². The fraction of sp³-hybridized carbons (Fsp3) is 0.562. The van der Waals surface area contributed by atoms with Crippen molar-refractivity contribution in [1.82, 2.24) is 9.55 Å². The van der Waals surface area contributed by atoms with Gasteiger partial charge in [-0.05, 0) is 18.6 Å². The lowest BCUT2D eigenvalue weighted by Gasteiger charge is -2.52. The monoisotopic (exact) mass is 308 g/mol. The van der Waals surface area contributed by atoms with Gasteiger partial charge in [-0.1, -0.05) is 13.8 Å². The molecule has 2 atom stereocenters. The van der Waals surface area contributed by atoms with E-state index in [0.29, 0.717) is 11.9 Å². The largest absolute Gasteiger partial charge is 0.497 e. The summed E-state index contributed by atoms with van der Waals surface area (Å²) in [5.74, 6) is 2.13. The summed E-state index contributed by atoms with van der Waals surface area (Å²) in [7, 11) is 3.45. The molecule has 1 saturated carbocycles. The van der Waals surface area contributed by atoms with Gasteiger partial charge in [-0.25, -0.2) is 4.98 Å². The van der Waals surface area contributed by atoms with Crippen LogP contribution in [-0.4, -0.2) is 29.9 Å². The number of halogens is 1. The number of ether oxygens (including phenoxy) is 2. The molecule has 0 spiro atoms. The first-order chi connectivity index (χ1) is 10.0. The van der Waals surface area contributed by atoms with Crippen molar-refractivity contribution >= 4 is 22.6 Å². The van der Waals surface area contributed by atoms with Crippen LogP contribution >= 0.6 is 11.6 Å². The molecule has 0 N–H and O–H groups in total. The molecule has 1 fully saturated rings. The molecule has 0 bridgehead atoms. The summed E-state index contributed by atoms with van der Waals surface area (Å²) in [5.41, 5.74) is 2.11. The predicted molar refractivity (Wildman–Crippen MR) is 84.1 cm³/mol. The molecule has 0 saturated heterocycles. The molecule has 2 unspecified atom stereocenters. The summed E-state index contributed by atoms with van der Waals surface area (Å²) in [6.07, 6.45) is 1.27. The van der Waals surface area contributed by atoms with Crippen LogP contribution in [0.3, 0.4) is 0 Å². The molecule has 3 rings (SSSR count). The highest BCUT2D eigenvalue weighted by Crippen LogP contribution is 2.52. The number of hydrogen-bond acceptors (Lipinski definition) is 3. The van der Waals surface area contributed by atoms with Crippen molar-refractivity contribution in [2.24, 2.45) is 5.41 Å². The van der Waals surface area contributed by atoms with Crippen LogP contribution in [0, 0.1) is 5.41 Å². The highest BCUT2D eigenvalue weighted by atomic mass is 35.5. The maximum atomic E-state index is 6.12. The average molecular weight is 309 g/mol. The maximum Gasteiger partial charge on any atom is 0.125 e. The van der Waals surface area contributed by atoms with Gasteiger partial charge in [0.25, 0.3) is 0 Å². The smallest absolute Gasteiger partial charge is 0.125 e. The minimum Gasteiger partial charge on any atom is -0.497 e. The molecule has 0 amide bonds. The molecule has 0 radical (unpaired) electrons. The zero-order valence-corrected chi connectivity index (χ0v) is 13.6. The molecule has 4 nitrogen and oxygen atoms in total. The van der Waals surface area contributed by atoms with E-state index in [2.05, 4.69) is 29.5 Å². The Morgan fingerprint density at radius 3 is 2.71 bits per heavy atom. The number of methoxy groups -OCH3 is 2. The van der Waals surface area contributed by atoms with Crippen LogP contribution in [0.1, 0.15) is 32.1 Å². The van der Waals surface area contributed by atoms with E-state index < -0.39 is 0 Å². The molecular formula is C16H21ClN2O2. The minimum absolute atomic E-state index is 0.0725. The number of aromatic nitrogens is 2.